The molecule has 0 radical (unpaired) electrons. The molecule has 0 saturated heterocycles. The first-order chi connectivity index (χ1) is 11.0. The predicted octanol–water partition coefficient (Wildman–Crippen LogP) is 3.00. The minimum Gasteiger partial charge on any atom is -0.316 e. The van der Waals surface area contributed by atoms with Crippen LogP contribution in [0.4, 0.5) is 0 Å². The molecule has 124 valence electrons. The summed E-state index contributed by atoms with van der Waals surface area (Å²) in [4.78, 5) is 23.9. The monoisotopic (exact) mass is 314 g/mol. The first kappa shape index (κ1) is 17.3. The van der Waals surface area contributed by atoms with Crippen LogP contribution >= 0.6 is 0 Å². The standard InChI is InChI=1S/C19H26N2O2/c1-4-9-20-11-8-17(13-19(20)23)6-5-16(3)14-21-10-7-15(2)12-18(21)22/h7-8,10-13,16H,4-6,9,14H2,1-3H3. The van der Waals surface area contributed by atoms with E-state index in [4.69, 9.17) is 0 Å². The normalized spacial score (nSPS) is 12.3. The summed E-state index contributed by atoms with van der Waals surface area (Å²) in [5.41, 5.74) is 2.20. The fourth-order valence-electron chi connectivity index (χ4n) is 2.73. The van der Waals surface area contributed by atoms with E-state index in [1.165, 1.54) is 0 Å². The Balaban J connectivity index is 1.94. The molecular formula is C19H26N2O2. The quantitative estimate of drug-likeness (QED) is 0.788. The third kappa shape index (κ3) is 4.95. The molecule has 0 amide bonds. The van der Waals surface area contributed by atoms with Gasteiger partial charge >= 0.3 is 0 Å². The Labute approximate surface area is 137 Å². The average molecular weight is 314 g/mol. The maximum atomic E-state index is 12.0. The van der Waals surface area contributed by atoms with Gasteiger partial charge in [0.05, 0.1) is 0 Å². The second kappa shape index (κ2) is 7.95. The molecule has 1 unspecified atom stereocenters. The molecule has 0 bridgehead atoms. The van der Waals surface area contributed by atoms with Gasteiger partial charge in [0, 0.05) is 37.6 Å². The second-order valence-electron chi connectivity index (χ2n) is 6.41. The molecular weight excluding hydrogens is 288 g/mol. The van der Waals surface area contributed by atoms with Crippen molar-refractivity contribution in [2.45, 2.75) is 53.1 Å². The van der Waals surface area contributed by atoms with Crippen LogP contribution in [-0.2, 0) is 19.5 Å². The summed E-state index contributed by atoms with van der Waals surface area (Å²) in [6, 6.07) is 7.39. The van der Waals surface area contributed by atoms with Crippen LogP contribution in [0.15, 0.2) is 46.2 Å². The highest BCUT2D eigenvalue weighted by Gasteiger charge is 2.06. The van der Waals surface area contributed by atoms with Crippen molar-refractivity contribution in [2.24, 2.45) is 5.92 Å². The molecule has 2 aromatic heterocycles. The van der Waals surface area contributed by atoms with Crippen LogP contribution in [0.5, 0.6) is 0 Å². The molecule has 23 heavy (non-hydrogen) atoms. The largest absolute Gasteiger partial charge is 0.316 e. The number of nitrogens with zero attached hydrogens (tertiary/aromatic N) is 2. The van der Waals surface area contributed by atoms with Crippen molar-refractivity contribution in [3.05, 3.63) is 68.5 Å². The molecule has 4 heteroatoms. The lowest BCUT2D eigenvalue weighted by Crippen LogP contribution is -2.22. The number of hydrogen-bond donors (Lipinski definition) is 0. The number of hydrogen-bond acceptors (Lipinski definition) is 2. The molecule has 0 spiro atoms. The lowest BCUT2D eigenvalue weighted by Gasteiger charge is -2.14. The van der Waals surface area contributed by atoms with Crippen molar-refractivity contribution in [3.8, 4) is 0 Å². The molecule has 2 rings (SSSR count). The van der Waals surface area contributed by atoms with Gasteiger partial charge in [-0.15, -0.1) is 0 Å². The second-order valence-corrected chi connectivity index (χ2v) is 6.41. The minimum absolute atomic E-state index is 0.0546. The molecule has 2 heterocycles. The summed E-state index contributed by atoms with van der Waals surface area (Å²) in [6.45, 7) is 7.62. The highest BCUT2D eigenvalue weighted by molar-refractivity contribution is 5.11. The zero-order valence-electron chi connectivity index (χ0n) is 14.3. The maximum absolute atomic E-state index is 12.0. The molecule has 1 atom stereocenters. The molecule has 0 N–H and O–H groups in total. The molecule has 0 aliphatic heterocycles. The lowest BCUT2D eigenvalue weighted by atomic mass is 10.0. The van der Waals surface area contributed by atoms with Gasteiger partial charge in [0.25, 0.3) is 11.1 Å². The third-order valence-electron chi connectivity index (χ3n) is 4.11. The van der Waals surface area contributed by atoms with E-state index in [-0.39, 0.29) is 11.1 Å². The Hall–Kier alpha value is -2.10. The van der Waals surface area contributed by atoms with Crippen LogP contribution in [0.25, 0.3) is 0 Å². The van der Waals surface area contributed by atoms with Gasteiger partial charge < -0.3 is 9.13 Å². The maximum Gasteiger partial charge on any atom is 0.250 e. The van der Waals surface area contributed by atoms with Crippen LogP contribution in [-0.4, -0.2) is 9.13 Å². The van der Waals surface area contributed by atoms with Crippen molar-refractivity contribution in [3.63, 3.8) is 0 Å². The van der Waals surface area contributed by atoms with Gasteiger partial charge in [-0.1, -0.05) is 13.8 Å². The highest BCUT2D eigenvalue weighted by Crippen LogP contribution is 2.10. The SMILES string of the molecule is CCCn1ccc(CCC(C)Cn2ccc(C)cc2=O)cc1=O. The van der Waals surface area contributed by atoms with Crippen molar-refractivity contribution < 1.29 is 0 Å². The summed E-state index contributed by atoms with van der Waals surface area (Å²) in [7, 11) is 0. The molecule has 0 aliphatic rings. The number of aryl methyl sites for hydroxylation is 3. The van der Waals surface area contributed by atoms with E-state index in [0.717, 1.165) is 36.9 Å². The molecule has 0 saturated carbocycles. The van der Waals surface area contributed by atoms with E-state index in [2.05, 4.69) is 13.8 Å². The molecule has 0 aromatic carbocycles. The third-order valence-corrected chi connectivity index (χ3v) is 4.11. The summed E-state index contributed by atoms with van der Waals surface area (Å²) in [5.74, 6) is 0.383. The lowest BCUT2D eigenvalue weighted by molar-refractivity contribution is 0.442. The van der Waals surface area contributed by atoms with Gasteiger partial charge in [-0.25, -0.2) is 0 Å². The molecule has 0 aliphatic carbocycles. The average Bonchev–Trinajstić information content (AvgIpc) is 2.51. The van der Waals surface area contributed by atoms with E-state index < -0.39 is 0 Å². The van der Waals surface area contributed by atoms with Crippen molar-refractivity contribution in [1.82, 2.24) is 9.13 Å². The summed E-state index contributed by atoms with van der Waals surface area (Å²) >= 11 is 0. The van der Waals surface area contributed by atoms with Gasteiger partial charge in [0.2, 0.25) is 0 Å². The van der Waals surface area contributed by atoms with Crippen molar-refractivity contribution in [2.75, 3.05) is 0 Å². The zero-order valence-corrected chi connectivity index (χ0v) is 14.3. The van der Waals surface area contributed by atoms with Crippen LogP contribution in [0.1, 0.15) is 37.8 Å². The van der Waals surface area contributed by atoms with Crippen LogP contribution in [0, 0.1) is 12.8 Å². The highest BCUT2D eigenvalue weighted by atomic mass is 16.1. The van der Waals surface area contributed by atoms with Gasteiger partial charge in [-0.2, -0.15) is 0 Å². The van der Waals surface area contributed by atoms with E-state index in [9.17, 15) is 9.59 Å². The molecule has 2 aromatic rings. The Kier molecular flexibility index (Phi) is 5.97. The number of pyridine rings is 2. The summed E-state index contributed by atoms with van der Waals surface area (Å²) < 4.78 is 3.51. The van der Waals surface area contributed by atoms with Crippen LogP contribution in [0.2, 0.25) is 0 Å². The van der Waals surface area contributed by atoms with Gasteiger partial charge in [-0.3, -0.25) is 9.59 Å². The van der Waals surface area contributed by atoms with E-state index in [1.807, 2.05) is 31.5 Å². The molecule has 0 fully saturated rings. The fraction of sp³-hybridized carbons (Fsp3) is 0.474. The fourth-order valence-corrected chi connectivity index (χ4v) is 2.73. The van der Waals surface area contributed by atoms with Gasteiger partial charge in [0.1, 0.15) is 0 Å². The number of rotatable bonds is 7. The summed E-state index contributed by atoms with van der Waals surface area (Å²) in [6.07, 6.45) is 6.53. The van der Waals surface area contributed by atoms with E-state index in [1.54, 1.807) is 21.3 Å². The number of aromatic nitrogens is 2. The topological polar surface area (TPSA) is 44.0 Å². The Bertz CT molecular complexity index is 758. The zero-order chi connectivity index (χ0) is 16.8. The Morgan fingerprint density at radius 1 is 1.04 bits per heavy atom. The van der Waals surface area contributed by atoms with Gasteiger partial charge in [0.15, 0.2) is 0 Å². The Morgan fingerprint density at radius 3 is 2.39 bits per heavy atom. The van der Waals surface area contributed by atoms with Crippen molar-refractivity contribution >= 4 is 0 Å². The van der Waals surface area contributed by atoms with Crippen LogP contribution in [0.3, 0.4) is 0 Å². The van der Waals surface area contributed by atoms with E-state index >= 15 is 0 Å². The Morgan fingerprint density at radius 2 is 1.74 bits per heavy atom. The van der Waals surface area contributed by atoms with E-state index in [0.29, 0.717) is 12.5 Å². The predicted molar refractivity (Wildman–Crippen MR) is 93.9 cm³/mol. The smallest absolute Gasteiger partial charge is 0.250 e. The van der Waals surface area contributed by atoms with Crippen LogP contribution < -0.4 is 11.1 Å². The first-order valence-electron chi connectivity index (χ1n) is 8.36. The minimum atomic E-state index is 0.0546. The van der Waals surface area contributed by atoms with Crippen molar-refractivity contribution in [1.29, 1.82) is 0 Å². The summed E-state index contributed by atoms with van der Waals surface area (Å²) in [5, 5.41) is 0. The van der Waals surface area contributed by atoms with Gasteiger partial charge in [-0.05, 0) is 55.4 Å². The molecule has 4 nitrogen and oxygen atoms in total. The first-order valence-corrected chi connectivity index (χ1v) is 8.36.